The van der Waals surface area contributed by atoms with Gasteiger partial charge in [0.05, 0.1) is 19.0 Å². The highest BCUT2D eigenvalue weighted by Crippen LogP contribution is 2.19. The second-order valence-corrected chi connectivity index (χ2v) is 6.66. The molecule has 0 bridgehead atoms. The Kier molecular flexibility index (Phi) is 6.81. The zero-order valence-corrected chi connectivity index (χ0v) is 16.3. The molecule has 3 rings (SSSR count). The number of amides is 1. The van der Waals surface area contributed by atoms with Gasteiger partial charge in [-0.15, -0.1) is 0 Å². The molecule has 0 saturated heterocycles. The predicted molar refractivity (Wildman–Crippen MR) is 110 cm³/mol. The van der Waals surface area contributed by atoms with Gasteiger partial charge in [0, 0.05) is 13.1 Å². The van der Waals surface area contributed by atoms with Gasteiger partial charge in [0.2, 0.25) is 0 Å². The van der Waals surface area contributed by atoms with Gasteiger partial charge in [-0.05, 0) is 37.7 Å². The van der Waals surface area contributed by atoms with Crippen LogP contribution in [0.25, 0.3) is 5.69 Å². The summed E-state index contributed by atoms with van der Waals surface area (Å²) in [6.07, 6.45) is 2.58. The Morgan fingerprint density at radius 3 is 2.46 bits per heavy atom. The number of ether oxygens (including phenoxy) is 1. The monoisotopic (exact) mass is 378 g/mol. The maximum absolute atomic E-state index is 12.5. The first kappa shape index (κ1) is 19.6. The summed E-state index contributed by atoms with van der Waals surface area (Å²) < 4.78 is 6.98. The number of rotatable bonds is 9. The number of para-hydroxylation sites is 1. The molecule has 0 aliphatic heterocycles. The molecule has 0 aliphatic carbocycles. The number of methoxy groups -OCH3 is 1. The van der Waals surface area contributed by atoms with Crippen molar-refractivity contribution < 1.29 is 9.53 Å². The minimum Gasteiger partial charge on any atom is -0.493 e. The molecule has 1 amide bonds. The number of nitrogens with zero attached hydrogens (tertiary/aromatic N) is 3. The summed E-state index contributed by atoms with van der Waals surface area (Å²) in [6, 6.07) is 20.0. The van der Waals surface area contributed by atoms with Crippen molar-refractivity contribution in [3.8, 4) is 11.4 Å². The highest BCUT2D eigenvalue weighted by molar-refractivity contribution is 5.94. The number of benzene rings is 2. The topological polar surface area (TPSA) is 59.4 Å². The van der Waals surface area contributed by atoms with Gasteiger partial charge in [0.1, 0.15) is 0 Å². The zero-order chi connectivity index (χ0) is 19.8. The third-order valence-electron chi connectivity index (χ3n) is 4.43. The van der Waals surface area contributed by atoms with Gasteiger partial charge < -0.3 is 15.0 Å². The van der Waals surface area contributed by atoms with Crippen molar-refractivity contribution in [3.05, 3.63) is 78.1 Å². The van der Waals surface area contributed by atoms with E-state index in [0.717, 1.165) is 25.2 Å². The number of hydrogen-bond donors (Lipinski definition) is 1. The Morgan fingerprint density at radius 1 is 1.11 bits per heavy atom. The average molecular weight is 378 g/mol. The molecule has 0 saturated carbocycles. The minimum atomic E-state index is -0.225. The zero-order valence-electron chi connectivity index (χ0n) is 16.3. The van der Waals surface area contributed by atoms with E-state index in [-0.39, 0.29) is 5.91 Å². The lowest BCUT2D eigenvalue weighted by molar-refractivity contribution is 0.0943. The van der Waals surface area contributed by atoms with Crippen molar-refractivity contribution >= 4 is 5.91 Å². The Balaban J connectivity index is 1.50. The van der Waals surface area contributed by atoms with E-state index in [1.165, 1.54) is 5.56 Å². The van der Waals surface area contributed by atoms with Gasteiger partial charge >= 0.3 is 0 Å². The summed E-state index contributed by atoms with van der Waals surface area (Å²) in [6.45, 7) is 2.37. The van der Waals surface area contributed by atoms with Gasteiger partial charge in [-0.2, -0.15) is 5.10 Å². The number of carbonyl (C=O) groups excluding carboxylic acids is 1. The lowest BCUT2D eigenvalue weighted by Crippen LogP contribution is -2.28. The van der Waals surface area contributed by atoms with E-state index >= 15 is 0 Å². The van der Waals surface area contributed by atoms with Crippen LogP contribution < -0.4 is 10.1 Å². The van der Waals surface area contributed by atoms with Gasteiger partial charge in [0.15, 0.2) is 11.4 Å². The molecule has 1 N–H and O–H groups in total. The summed E-state index contributed by atoms with van der Waals surface area (Å²) in [5.74, 6) is 0.236. The number of aromatic nitrogens is 2. The fraction of sp³-hybridized carbons (Fsp3) is 0.273. The predicted octanol–water partition coefficient (Wildman–Crippen LogP) is 3.13. The van der Waals surface area contributed by atoms with Gasteiger partial charge in [0.25, 0.3) is 5.91 Å². The van der Waals surface area contributed by atoms with Crippen LogP contribution in [0.15, 0.2) is 66.9 Å². The van der Waals surface area contributed by atoms with Gasteiger partial charge in [-0.1, -0.05) is 48.5 Å². The summed E-state index contributed by atoms with van der Waals surface area (Å²) >= 11 is 0. The first-order chi connectivity index (χ1) is 13.7. The lowest BCUT2D eigenvalue weighted by atomic mass is 10.2. The van der Waals surface area contributed by atoms with Crippen LogP contribution in [0, 0.1) is 0 Å². The van der Waals surface area contributed by atoms with E-state index in [9.17, 15) is 4.79 Å². The molecule has 1 aromatic heterocycles. The molecule has 3 aromatic rings. The fourth-order valence-electron chi connectivity index (χ4n) is 2.99. The molecule has 0 unspecified atom stereocenters. The van der Waals surface area contributed by atoms with Crippen LogP contribution in [0.2, 0.25) is 0 Å². The van der Waals surface area contributed by atoms with Crippen LogP contribution in [0.4, 0.5) is 0 Å². The smallest absolute Gasteiger partial charge is 0.275 e. The molecular formula is C22H26N4O2. The van der Waals surface area contributed by atoms with Crippen LogP contribution in [0.1, 0.15) is 22.5 Å². The summed E-state index contributed by atoms with van der Waals surface area (Å²) in [5, 5.41) is 7.33. The number of hydrogen-bond acceptors (Lipinski definition) is 4. The molecule has 2 aromatic carbocycles. The Labute approximate surface area is 165 Å². The second kappa shape index (κ2) is 9.71. The van der Waals surface area contributed by atoms with Crippen molar-refractivity contribution in [2.45, 2.75) is 13.0 Å². The Morgan fingerprint density at radius 2 is 1.79 bits per heavy atom. The van der Waals surface area contributed by atoms with E-state index < -0.39 is 0 Å². The highest BCUT2D eigenvalue weighted by atomic mass is 16.5. The quantitative estimate of drug-likeness (QED) is 0.581. The van der Waals surface area contributed by atoms with Gasteiger partial charge in [-0.3, -0.25) is 4.79 Å². The first-order valence-electron chi connectivity index (χ1n) is 9.37. The molecule has 0 aliphatic rings. The van der Waals surface area contributed by atoms with E-state index in [2.05, 4.69) is 34.5 Å². The minimum absolute atomic E-state index is 0.225. The molecule has 0 radical (unpaired) electrons. The van der Waals surface area contributed by atoms with Crippen molar-refractivity contribution in [2.24, 2.45) is 0 Å². The van der Waals surface area contributed by atoms with E-state index in [4.69, 9.17) is 4.74 Å². The van der Waals surface area contributed by atoms with Crippen LogP contribution in [-0.4, -0.2) is 47.8 Å². The lowest BCUT2D eigenvalue weighted by Gasteiger charge is -2.16. The van der Waals surface area contributed by atoms with Crippen molar-refractivity contribution in [1.82, 2.24) is 20.0 Å². The fourth-order valence-corrected chi connectivity index (χ4v) is 2.99. The molecule has 6 nitrogen and oxygen atoms in total. The molecule has 146 valence electrons. The molecule has 28 heavy (non-hydrogen) atoms. The SMILES string of the molecule is COc1cn(-c2ccccc2)nc1C(=O)NCCCN(C)Cc1ccccc1. The Hall–Kier alpha value is -3.12. The molecular weight excluding hydrogens is 352 g/mol. The van der Waals surface area contributed by atoms with Crippen LogP contribution in [-0.2, 0) is 6.54 Å². The largest absolute Gasteiger partial charge is 0.493 e. The maximum atomic E-state index is 12.5. The maximum Gasteiger partial charge on any atom is 0.275 e. The van der Waals surface area contributed by atoms with Crippen molar-refractivity contribution in [3.63, 3.8) is 0 Å². The van der Waals surface area contributed by atoms with E-state index in [0.29, 0.717) is 18.0 Å². The third-order valence-corrected chi connectivity index (χ3v) is 4.43. The molecule has 0 spiro atoms. The summed E-state index contributed by atoms with van der Waals surface area (Å²) in [7, 11) is 3.63. The highest BCUT2D eigenvalue weighted by Gasteiger charge is 2.18. The van der Waals surface area contributed by atoms with Crippen molar-refractivity contribution in [2.75, 3.05) is 27.2 Å². The molecule has 1 heterocycles. The van der Waals surface area contributed by atoms with E-state index in [1.54, 1.807) is 18.0 Å². The standard InChI is InChI=1S/C22H26N4O2/c1-25(16-18-10-5-3-6-11-18)15-9-14-23-22(27)21-20(28-2)17-26(24-21)19-12-7-4-8-13-19/h3-8,10-13,17H,9,14-16H2,1-2H3,(H,23,27). The number of carbonyl (C=O) groups is 1. The Bertz CT molecular complexity index is 878. The normalized spacial score (nSPS) is 10.8. The average Bonchev–Trinajstić information content (AvgIpc) is 3.17. The molecule has 0 fully saturated rings. The van der Waals surface area contributed by atoms with Crippen LogP contribution in [0.5, 0.6) is 5.75 Å². The van der Waals surface area contributed by atoms with E-state index in [1.807, 2.05) is 48.5 Å². The van der Waals surface area contributed by atoms with Crippen LogP contribution >= 0.6 is 0 Å². The summed E-state index contributed by atoms with van der Waals surface area (Å²) in [5.41, 5.74) is 2.46. The van der Waals surface area contributed by atoms with Crippen LogP contribution in [0.3, 0.4) is 0 Å². The third kappa shape index (κ3) is 5.20. The molecule has 6 heteroatoms. The van der Waals surface area contributed by atoms with Crippen molar-refractivity contribution in [1.29, 1.82) is 0 Å². The number of nitrogens with one attached hydrogen (secondary N) is 1. The second-order valence-electron chi connectivity index (χ2n) is 6.66. The first-order valence-corrected chi connectivity index (χ1v) is 9.37. The van der Waals surface area contributed by atoms with Gasteiger partial charge in [-0.25, -0.2) is 4.68 Å². The summed E-state index contributed by atoms with van der Waals surface area (Å²) in [4.78, 5) is 14.8. The molecule has 0 atom stereocenters.